The lowest BCUT2D eigenvalue weighted by Gasteiger charge is -2.34. The van der Waals surface area contributed by atoms with E-state index in [1.807, 2.05) is 30.6 Å². The highest BCUT2D eigenvalue weighted by molar-refractivity contribution is 5.95. The molecule has 3 aromatic heterocycles. The number of rotatable bonds is 4. The van der Waals surface area contributed by atoms with Crippen molar-refractivity contribution in [3.8, 4) is 11.1 Å². The molecule has 1 aliphatic rings. The molecule has 164 valence electrons. The Morgan fingerprint density at radius 2 is 1.76 bits per heavy atom. The summed E-state index contributed by atoms with van der Waals surface area (Å²) in [5, 5.41) is 4.33. The van der Waals surface area contributed by atoms with Gasteiger partial charge in [0.2, 0.25) is 5.95 Å². The normalized spacial score (nSPS) is 14.8. The van der Waals surface area contributed by atoms with Crippen LogP contribution < -0.4 is 10.2 Å². The molecule has 2 aromatic carbocycles. The molecule has 0 bridgehead atoms. The van der Waals surface area contributed by atoms with Gasteiger partial charge in [-0.05, 0) is 42.9 Å². The molecule has 0 spiro atoms. The Balaban J connectivity index is 1.26. The first-order valence-electron chi connectivity index (χ1n) is 11.1. The number of nitrogens with one attached hydrogen (secondary N) is 2. The summed E-state index contributed by atoms with van der Waals surface area (Å²) in [6.07, 6.45) is 7.24. The molecular weight excluding hydrogens is 412 g/mol. The molecule has 0 amide bonds. The maximum atomic E-state index is 4.71. The van der Waals surface area contributed by atoms with Crippen molar-refractivity contribution in [1.29, 1.82) is 0 Å². The van der Waals surface area contributed by atoms with Crippen molar-refractivity contribution < 1.29 is 0 Å². The number of nitrogens with zero attached hydrogens (tertiary/aromatic N) is 6. The van der Waals surface area contributed by atoms with Crippen LogP contribution in [0.2, 0.25) is 0 Å². The molecule has 0 unspecified atom stereocenters. The number of likely N-dealkylation sites (N-methyl/N-ethyl adjacent to an activating group) is 1. The quantitative estimate of drug-likeness (QED) is 0.439. The van der Waals surface area contributed by atoms with E-state index in [1.54, 1.807) is 12.4 Å². The van der Waals surface area contributed by atoms with Gasteiger partial charge in [0.1, 0.15) is 5.65 Å². The Morgan fingerprint density at radius 3 is 2.64 bits per heavy atom. The van der Waals surface area contributed by atoms with Crippen LogP contribution in [0.15, 0.2) is 67.3 Å². The zero-order valence-electron chi connectivity index (χ0n) is 18.4. The SMILES string of the molecule is CN1CCN(c2cccc(Nc3ncc4c(-c5ccc6nccnc6c5)c[nH]c4n3)c2)CC1. The minimum atomic E-state index is 0.566. The van der Waals surface area contributed by atoms with E-state index in [0.717, 1.165) is 65.1 Å². The number of benzene rings is 2. The Morgan fingerprint density at radius 1 is 0.909 bits per heavy atom. The van der Waals surface area contributed by atoms with Crippen molar-refractivity contribution in [2.75, 3.05) is 43.4 Å². The highest BCUT2D eigenvalue weighted by Crippen LogP contribution is 2.30. The second kappa shape index (κ2) is 8.14. The minimum Gasteiger partial charge on any atom is -0.369 e. The van der Waals surface area contributed by atoms with E-state index in [2.05, 4.69) is 66.4 Å². The first kappa shape index (κ1) is 19.6. The van der Waals surface area contributed by atoms with Crippen molar-refractivity contribution >= 4 is 39.4 Å². The minimum absolute atomic E-state index is 0.566. The van der Waals surface area contributed by atoms with Crippen LogP contribution in [-0.2, 0) is 0 Å². The Bertz CT molecular complexity index is 1440. The molecule has 2 N–H and O–H groups in total. The molecule has 4 heterocycles. The number of H-pyrrole nitrogens is 1. The van der Waals surface area contributed by atoms with Gasteiger partial charge in [-0.15, -0.1) is 0 Å². The van der Waals surface area contributed by atoms with Crippen LogP contribution in [0.5, 0.6) is 0 Å². The number of anilines is 3. The van der Waals surface area contributed by atoms with E-state index in [-0.39, 0.29) is 0 Å². The number of fused-ring (bicyclic) bond motifs is 2. The van der Waals surface area contributed by atoms with Crippen molar-refractivity contribution in [3.63, 3.8) is 0 Å². The molecular formula is C25H24N8. The zero-order valence-corrected chi connectivity index (χ0v) is 18.4. The second-order valence-electron chi connectivity index (χ2n) is 8.38. The lowest BCUT2D eigenvalue weighted by molar-refractivity contribution is 0.313. The van der Waals surface area contributed by atoms with Crippen molar-refractivity contribution in [1.82, 2.24) is 29.8 Å². The second-order valence-corrected chi connectivity index (χ2v) is 8.38. The van der Waals surface area contributed by atoms with Gasteiger partial charge in [-0.25, -0.2) is 4.98 Å². The fourth-order valence-electron chi connectivity index (χ4n) is 4.31. The van der Waals surface area contributed by atoms with Gasteiger partial charge in [0, 0.05) is 73.3 Å². The molecule has 0 atom stereocenters. The average Bonchev–Trinajstić information content (AvgIpc) is 3.28. The molecule has 8 nitrogen and oxygen atoms in total. The Labute approximate surface area is 191 Å². The van der Waals surface area contributed by atoms with Crippen LogP contribution in [0.1, 0.15) is 0 Å². The van der Waals surface area contributed by atoms with Gasteiger partial charge in [0.15, 0.2) is 0 Å². The van der Waals surface area contributed by atoms with E-state index < -0.39 is 0 Å². The monoisotopic (exact) mass is 436 g/mol. The van der Waals surface area contributed by atoms with Gasteiger partial charge in [0.25, 0.3) is 0 Å². The number of aromatic amines is 1. The van der Waals surface area contributed by atoms with E-state index in [4.69, 9.17) is 4.98 Å². The average molecular weight is 437 g/mol. The topological polar surface area (TPSA) is 85.9 Å². The number of piperazine rings is 1. The summed E-state index contributed by atoms with van der Waals surface area (Å²) in [7, 11) is 2.17. The predicted octanol–water partition coefficient (Wildman–Crippen LogP) is 4.06. The highest BCUT2D eigenvalue weighted by Gasteiger charge is 2.15. The maximum Gasteiger partial charge on any atom is 0.229 e. The molecule has 33 heavy (non-hydrogen) atoms. The molecule has 0 radical (unpaired) electrons. The molecule has 1 saturated heterocycles. The van der Waals surface area contributed by atoms with E-state index in [9.17, 15) is 0 Å². The van der Waals surface area contributed by atoms with Crippen LogP contribution in [0.4, 0.5) is 17.3 Å². The summed E-state index contributed by atoms with van der Waals surface area (Å²) in [5.41, 5.74) is 6.82. The van der Waals surface area contributed by atoms with Crippen LogP contribution >= 0.6 is 0 Å². The molecule has 6 rings (SSSR count). The third-order valence-electron chi connectivity index (χ3n) is 6.18. The summed E-state index contributed by atoms with van der Waals surface area (Å²) in [6, 6.07) is 14.5. The number of aromatic nitrogens is 5. The summed E-state index contributed by atoms with van der Waals surface area (Å²) in [4.78, 5) is 26.1. The van der Waals surface area contributed by atoms with Gasteiger partial charge >= 0.3 is 0 Å². The fraction of sp³-hybridized carbons (Fsp3) is 0.200. The third kappa shape index (κ3) is 3.85. The lowest BCUT2D eigenvalue weighted by Crippen LogP contribution is -2.44. The summed E-state index contributed by atoms with van der Waals surface area (Å²) >= 11 is 0. The van der Waals surface area contributed by atoms with Crippen LogP contribution in [0.25, 0.3) is 33.2 Å². The van der Waals surface area contributed by atoms with Gasteiger partial charge in [-0.2, -0.15) is 4.98 Å². The summed E-state index contributed by atoms with van der Waals surface area (Å²) < 4.78 is 0. The van der Waals surface area contributed by atoms with Crippen molar-refractivity contribution in [2.24, 2.45) is 0 Å². The van der Waals surface area contributed by atoms with E-state index >= 15 is 0 Å². The molecule has 1 aliphatic heterocycles. The van der Waals surface area contributed by atoms with Gasteiger partial charge in [-0.3, -0.25) is 9.97 Å². The molecule has 8 heteroatoms. The summed E-state index contributed by atoms with van der Waals surface area (Å²) in [5.74, 6) is 0.566. The maximum absolute atomic E-state index is 4.71. The Kier molecular flexibility index (Phi) is 4.84. The largest absolute Gasteiger partial charge is 0.369 e. The van der Waals surface area contributed by atoms with E-state index in [1.165, 1.54) is 5.69 Å². The third-order valence-corrected chi connectivity index (χ3v) is 6.18. The smallest absolute Gasteiger partial charge is 0.229 e. The van der Waals surface area contributed by atoms with Crippen LogP contribution in [0.3, 0.4) is 0 Å². The highest BCUT2D eigenvalue weighted by atomic mass is 15.2. The molecule has 0 aliphatic carbocycles. The number of hydrogen-bond donors (Lipinski definition) is 2. The Hall–Kier alpha value is -4.04. The first-order chi connectivity index (χ1) is 16.2. The zero-order chi connectivity index (χ0) is 22.2. The van der Waals surface area contributed by atoms with Gasteiger partial charge < -0.3 is 20.1 Å². The van der Waals surface area contributed by atoms with Crippen molar-refractivity contribution in [2.45, 2.75) is 0 Å². The molecule has 1 fully saturated rings. The molecule has 5 aromatic rings. The standard InChI is InChI=1S/C25H24N8/c1-32-9-11-33(12-10-32)19-4-2-3-18(14-19)30-25-29-16-21-20(15-28-24(21)31-25)17-5-6-22-23(13-17)27-8-7-26-22/h2-8,13-16H,9-12H2,1H3,(H2,28,29,30,31). The van der Waals surface area contributed by atoms with E-state index in [0.29, 0.717) is 5.95 Å². The lowest BCUT2D eigenvalue weighted by atomic mass is 10.1. The first-order valence-corrected chi connectivity index (χ1v) is 11.1. The predicted molar refractivity (Wildman–Crippen MR) is 132 cm³/mol. The van der Waals surface area contributed by atoms with Gasteiger partial charge in [0.05, 0.1) is 11.0 Å². The fourth-order valence-corrected chi connectivity index (χ4v) is 4.31. The van der Waals surface area contributed by atoms with Crippen LogP contribution in [0, 0.1) is 0 Å². The summed E-state index contributed by atoms with van der Waals surface area (Å²) in [6.45, 7) is 4.23. The molecule has 0 saturated carbocycles. The van der Waals surface area contributed by atoms with Gasteiger partial charge in [-0.1, -0.05) is 12.1 Å². The van der Waals surface area contributed by atoms with Crippen molar-refractivity contribution in [3.05, 3.63) is 67.3 Å². The number of hydrogen-bond acceptors (Lipinski definition) is 7. The van der Waals surface area contributed by atoms with Crippen LogP contribution in [-0.4, -0.2) is 63.0 Å².